The summed E-state index contributed by atoms with van der Waals surface area (Å²) in [6.45, 7) is 3.99. The summed E-state index contributed by atoms with van der Waals surface area (Å²) >= 11 is 0. The number of aryl methyl sites for hydroxylation is 1. The van der Waals surface area contributed by atoms with Gasteiger partial charge in [0.15, 0.2) is 0 Å². The zero-order valence-electron chi connectivity index (χ0n) is 18.4. The highest BCUT2D eigenvalue weighted by atomic mass is 16.5. The lowest BCUT2D eigenvalue weighted by Crippen LogP contribution is -2.13. The first-order chi connectivity index (χ1) is 14.8. The van der Waals surface area contributed by atoms with Crippen LogP contribution in [0, 0.1) is 25.2 Å². The van der Waals surface area contributed by atoms with Gasteiger partial charge in [0.05, 0.1) is 7.11 Å². The van der Waals surface area contributed by atoms with Gasteiger partial charge in [-0.1, -0.05) is 0 Å². The molecule has 0 aliphatic heterocycles. The molecule has 0 atom stereocenters. The number of rotatable bonds is 6. The summed E-state index contributed by atoms with van der Waals surface area (Å²) in [5.74, 6) is 0.243. The molecule has 0 radical (unpaired) electrons. The second-order valence-corrected chi connectivity index (χ2v) is 7.43. The number of nitrogens with zero attached hydrogens (tertiary/aromatic N) is 3. The first-order valence-corrected chi connectivity index (χ1v) is 9.88. The van der Waals surface area contributed by atoms with E-state index in [4.69, 9.17) is 4.74 Å². The van der Waals surface area contributed by atoms with Gasteiger partial charge in [-0.05, 0) is 80.1 Å². The number of benzene rings is 2. The summed E-state index contributed by atoms with van der Waals surface area (Å²) in [5, 5.41) is 12.3. The van der Waals surface area contributed by atoms with Crippen LogP contribution in [0.2, 0.25) is 0 Å². The van der Waals surface area contributed by atoms with Gasteiger partial charge in [-0.3, -0.25) is 4.79 Å². The molecule has 6 nitrogen and oxygen atoms in total. The fraction of sp³-hybridized carbons (Fsp3) is 0.200. The first-order valence-electron chi connectivity index (χ1n) is 9.88. The second-order valence-electron chi connectivity index (χ2n) is 7.43. The molecule has 0 saturated carbocycles. The average Bonchev–Trinajstić information content (AvgIpc) is 3.05. The van der Waals surface area contributed by atoms with Gasteiger partial charge in [0.2, 0.25) is 0 Å². The average molecular weight is 415 g/mol. The van der Waals surface area contributed by atoms with Gasteiger partial charge in [-0.2, -0.15) is 5.26 Å². The summed E-state index contributed by atoms with van der Waals surface area (Å²) < 4.78 is 7.23. The number of ether oxygens (including phenoxy) is 1. The van der Waals surface area contributed by atoms with Gasteiger partial charge in [0.1, 0.15) is 17.4 Å². The van der Waals surface area contributed by atoms with Crippen LogP contribution in [0.15, 0.2) is 60.2 Å². The highest BCUT2D eigenvalue weighted by molar-refractivity contribution is 6.09. The van der Waals surface area contributed by atoms with E-state index in [0.717, 1.165) is 28.3 Å². The fourth-order valence-corrected chi connectivity index (χ4v) is 3.41. The van der Waals surface area contributed by atoms with Crippen LogP contribution in [0.1, 0.15) is 17.0 Å². The Morgan fingerprint density at radius 1 is 1.10 bits per heavy atom. The molecule has 1 N–H and O–H groups in total. The van der Waals surface area contributed by atoms with E-state index in [9.17, 15) is 10.1 Å². The molecule has 0 aliphatic rings. The quantitative estimate of drug-likeness (QED) is 0.468. The Morgan fingerprint density at radius 2 is 1.74 bits per heavy atom. The van der Waals surface area contributed by atoms with Crippen LogP contribution in [0.25, 0.3) is 11.8 Å². The molecule has 1 aromatic heterocycles. The van der Waals surface area contributed by atoms with Gasteiger partial charge in [-0.15, -0.1) is 0 Å². The Hall–Kier alpha value is -3.98. The van der Waals surface area contributed by atoms with Crippen molar-refractivity contribution in [2.75, 3.05) is 31.4 Å². The van der Waals surface area contributed by atoms with Crippen LogP contribution in [-0.2, 0) is 4.79 Å². The Labute approximate surface area is 183 Å². The molecule has 31 heavy (non-hydrogen) atoms. The van der Waals surface area contributed by atoms with E-state index in [1.54, 1.807) is 37.5 Å². The normalized spacial score (nSPS) is 11.0. The van der Waals surface area contributed by atoms with Crippen molar-refractivity contribution in [2.45, 2.75) is 13.8 Å². The largest absolute Gasteiger partial charge is 0.497 e. The summed E-state index contributed by atoms with van der Waals surface area (Å²) in [5.41, 5.74) is 5.59. The van der Waals surface area contributed by atoms with Crippen molar-refractivity contribution in [3.8, 4) is 17.5 Å². The molecule has 0 fully saturated rings. The molecular weight excluding hydrogens is 388 g/mol. The molecule has 0 bridgehead atoms. The fourth-order valence-electron chi connectivity index (χ4n) is 3.41. The van der Waals surface area contributed by atoms with Crippen molar-refractivity contribution in [1.29, 1.82) is 5.26 Å². The Bertz CT molecular complexity index is 1150. The van der Waals surface area contributed by atoms with Gasteiger partial charge < -0.3 is 19.5 Å². The molecular formula is C25H26N4O2. The summed E-state index contributed by atoms with van der Waals surface area (Å²) in [4.78, 5) is 14.7. The zero-order chi connectivity index (χ0) is 22.5. The molecule has 6 heteroatoms. The number of nitriles is 1. The van der Waals surface area contributed by atoms with Crippen molar-refractivity contribution in [3.63, 3.8) is 0 Å². The number of anilines is 2. The number of carbonyl (C=O) groups excluding carboxylic acids is 1. The lowest BCUT2D eigenvalue weighted by molar-refractivity contribution is -0.112. The van der Waals surface area contributed by atoms with E-state index in [2.05, 4.69) is 34.1 Å². The lowest BCUT2D eigenvalue weighted by atomic mass is 10.1. The smallest absolute Gasteiger partial charge is 0.266 e. The van der Waals surface area contributed by atoms with E-state index in [1.807, 2.05) is 45.0 Å². The minimum atomic E-state index is -0.451. The molecule has 3 rings (SSSR count). The number of aromatic nitrogens is 1. The maximum absolute atomic E-state index is 12.6. The molecule has 1 heterocycles. The number of hydrogen-bond donors (Lipinski definition) is 1. The topological polar surface area (TPSA) is 70.3 Å². The van der Waals surface area contributed by atoms with E-state index >= 15 is 0 Å². The van der Waals surface area contributed by atoms with E-state index in [-0.39, 0.29) is 5.57 Å². The van der Waals surface area contributed by atoms with Gasteiger partial charge in [-0.25, -0.2) is 0 Å². The van der Waals surface area contributed by atoms with Gasteiger partial charge in [0.25, 0.3) is 5.91 Å². The Morgan fingerprint density at radius 3 is 2.29 bits per heavy atom. The zero-order valence-corrected chi connectivity index (χ0v) is 18.4. The minimum Gasteiger partial charge on any atom is -0.497 e. The standard InChI is InChI=1S/C25H26N4O2/c1-17-14-19(18(2)29(17)23-10-8-22(9-11-23)28(3)4)15-20(16-26)25(30)27-21-6-12-24(31-5)13-7-21/h6-15H,1-5H3,(H,27,30). The van der Waals surface area contributed by atoms with Crippen molar-refractivity contribution < 1.29 is 9.53 Å². The first kappa shape index (κ1) is 21.7. The molecule has 0 saturated heterocycles. The van der Waals surface area contributed by atoms with Crippen LogP contribution in [0.3, 0.4) is 0 Å². The van der Waals surface area contributed by atoms with E-state index in [1.165, 1.54) is 0 Å². The third kappa shape index (κ3) is 4.78. The number of carbonyl (C=O) groups is 1. The second kappa shape index (κ2) is 9.23. The van der Waals surface area contributed by atoms with Crippen molar-refractivity contribution in [1.82, 2.24) is 4.57 Å². The van der Waals surface area contributed by atoms with Crippen LogP contribution in [0.4, 0.5) is 11.4 Å². The molecule has 0 unspecified atom stereocenters. The van der Waals surface area contributed by atoms with Crippen molar-refractivity contribution in [2.24, 2.45) is 0 Å². The molecule has 0 aliphatic carbocycles. The molecule has 2 aromatic carbocycles. The van der Waals surface area contributed by atoms with E-state index in [0.29, 0.717) is 11.4 Å². The highest BCUT2D eigenvalue weighted by Crippen LogP contribution is 2.25. The third-order valence-corrected chi connectivity index (χ3v) is 5.11. The third-order valence-electron chi connectivity index (χ3n) is 5.11. The monoisotopic (exact) mass is 414 g/mol. The predicted octanol–water partition coefficient (Wildman–Crippen LogP) is 4.71. The Kier molecular flexibility index (Phi) is 6.46. The lowest BCUT2D eigenvalue weighted by Gasteiger charge is -2.14. The number of amides is 1. The van der Waals surface area contributed by atoms with Crippen molar-refractivity contribution in [3.05, 3.63) is 77.1 Å². The number of nitrogens with one attached hydrogen (secondary N) is 1. The number of methoxy groups -OCH3 is 1. The summed E-state index contributed by atoms with van der Waals surface area (Å²) in [7, 11) is 5.59. The highest BCUT2D eigenvalue weighted by Gasteiger charge is 2.14. The molecule has 158 valence electrons. The SMILES string of the molecule is COc1ccc(NC(=O)C(C#N)=Cc2cc(C)n(-c3ccc(N(C)C)cc3)c2C)cc1. The molecule has 1 amide bonds. The van der Waals surface area contributed by atoms with Gasteiger partial charge >= 0.3 is 0 Å². The maximum atomic E-state index is 12.6. The minimum absolute atomic E-state index is 0.0408. The predicted molar refractivity (Wildman–Crippen MR) is 125 cm³/mol. The van der Waals surface area contributed by atoms with E-state index < -0.39 is 5.91 Å². The number of hydrogen-bond acceptors (Lipinski definition) is 4. The Balaban J connectivity index is 1.88. The van der Waals surface area contributed by atoms with Crippen LogP contribution < -0.4 is 15.0 Å². The van der Waals surface area contributed by atoms with Crippen LogP contribution in [0.5, 0.6) is 5.75 Å². The summed E-state index contributed by atoms with van der Waals surface area (Å²) in [6.07, 6.45) is 1.63. The van der Waals surface area contributed by atoms with Gasteiger partial charge in [0, 0.05) is 42.5 Å². The van der Waals surface area contributed by atoms with Crippen LogP contribution >= 0.6 is 0 Å². The molecule has 3 aromatic rings. The molecule has 0 spiro atoms. The van der Waals surface area contributed by atoms with Crippen LogP contribution in [-0.4, -0.2) is 31.7 Å². The summed E-state index contributed by atoms with van der Waals surface area (Å²) in [6, 6.07) is 19.2. The van der Waals surface area contributed by atoms with Crippen molar-refractivity contribution >= 4 is 23.4 Å². The maximum Gasteiger partial charge on any atom is 0.266 e.